The molecule has 0 radical (unpaired) electrons. The molecule has 0 aliphatic rings. The van der Waals surface area contributed by atoms with Gasteiger partial charge in [0, 0.05) is 19.7 Å². The van der Waals surface area contributed by atoms with E-state index in [2.05, 4.69) is 5.32 Å². The lowest BCUT2D eigenvalue weighted by Gasteiger charge is -2.18. The van der Waals surface area contributed by atoms with Gasteiger partial charge in [0.05, 0.1) is 0 Å². The molecule has 2 amide bonds. The van der Waals surface area contributed by atoms with E-state index in [1.807, 2.05) is 6.26 Å². The van der Waals surface area contributed by atoms with Gasteiger partial charge in [-0.05, 0) is 6.26 Å². The third kappa shape index (κ3) is 4.74. The zero-order valence-electron chi connectivity index (χ0n) is 7.90. The molecule has 0 aromatic rings. The maximum atomic E-state index is 11.2. The van der Waals surface area contributed by atoms with Crippen LogP contribution in [0.2, 0.25) is 0 Å². The predicted molar refractivity (Wildman–Crippen MR) is 50.5 cm³/mol. The summed E-state index contributed by atoms with van der Waals surface area (Å²) in [6.45, 7) is 1.33. The van der Waals surface area contributed by atoms with E-state index in [1.165, 1.54) is 25.7 Å². The summed E-state index contributed by atoms with van der Waals surface area (Å²) < 4.78 is 0. The Hall–Kier alpha value is -0.750. The largest absolute Gasteiger partial charge is 0.344 e. The molecule has 0 aliphatic carbocycles. The molecule has 0 spiro atoms. The monoisotopic (exact) mass is 206 g/mol. The molecule has 0 bridgehead atoms. The first-order chi connectivity index (χ1) is 5.99. The lowest BCUT2D eigenvalue weighted by atomic mass is 10.3. The van der Waals surface area contributed by atoms with Gasteiger partial charge in [-0.1, -0.05) is 0 Å². The van der Waals surface area contributed by atoms with Crippen molar-refractivity contribution < 1.29 is 14.8 Å². The van der Waals surface area contributed by atoms with Gasteiger partial charge in [-0.25, -0.2) is 5.06 Å². The van der Waals surface area contributed by atoms with Crippen LogP contribution in [0.1, 0.15) is 6.92 Å². The molecule has 0 heterocycles. The highest BCUT2D eigenvalue weighted by molar-refractivity contribution is 7.98. The van der Waals surface area contributed by atoms with Crippen molar-refractivity contribution in [3.8, 4) is 0 Å². The topological polar surface area (TPSA) is 69.6 Å². The van der Waals surface area contributed by atoms with Crippen LogP contribution in [-0.4, -0.2) is 47.2 Å². The van der Waals surface area contributed by atoms with E-state index in [0.717, 1.165) is 0 Å². The zero-order valence-corrected chi connectivity index (χ0v) is 8.72. The van der Waals surface area contributed by atoms with E-state index in [0.29, 0.717) is 10.8 Å². The van der Waals surface area contributed by atoms with Crippen LogP contribution in [0, 0.1) is 0 Å². The number of likely N-dealkylation sites (N-methyl/N-ethyl adjacent to an activating group) is 1. The van der Waals surface area contributed by atoms with Crippen LogP contribution in [0.3, 0.4) is 0 Å². The van der Waals surface area contributed by atoms with E-state index < -0.39 is 11.9 Å². The first kappa shape index (κ1) is 12.2. The standard InChI is InChI=1S/C7H14N2O3S/c1-5(10)8-6(4-13-3)7(11)9(2)12/h6,12H,4H2,1-3H3,(H,8,10)/t6-/m0/s1. The summed E-state index contributed by atoms with van der Waals surface area (Å²) in [5.41, 5.74) is 0. The number of hydrogen-bond acceptors (Lipinski definition) is 4. The van der Waals surface area contributed by atoms with Crippen LogP contribution in [0.4, 0.5) is 0 Å². The van der Waals surface area contributed by atoms with Gasteiger partial charge in [-0.15, -0.1) is 0 Å². The fourth-order valence-corrected chi connectivity index (χ4v) is 1.37. The minimum absolute atomic E-state index is 0.283. The lowest BCUT2D eigenvalue weighted by Crippen LogP contribution is -2.47. The van der Waals surface area contributed by atoms with Crippen LogP contribution in [0.15, 0.2) is 0 Å². The molecule has 0 rings (SSSR count). The fourth-order valence-electron chi connectivity index (χ4n) is 0.812. The van der Waals surface area contributed by atoms with Crippen molar-refractivity contribution in [2.24, 2.45) is 0 Å². The van der Waals surface area contributed by atoms with E-state index in [-0.39, 0.29) is 5.91 Å². The second-order valence-electron chi connectivity index (χ2n) is 2.57. The Kier molecular flexibility index (Phi) is 5.48. The first-order valence-corrected chi connectivity index (χ1v) is 5.11. The van der Waals surface area contributed by atoms with Crippen molar-refractivity contribution in [3.63, 3.8) is 0 Å². The maximum absolute atomic E-state index is 11.2. The number of carbonyl (C=O) groups excluding carboxylic acids is 2. The van der Waals surface area contributed by atoms with Crippen LogP contribution in [0.25, 0.3) is 0 Å². The number of hydrogen-bond donors (Lipinski definition) is 2. The summed E-state index contributed by atoms with van der Waals surface area (Å²) in [7, 11) is 1.23. The Morgan fingerprint density at radius 2 is 2.15 bits per heavy atom. The van der Waals surface area contributed by atoms with E-state index in [4.69, 9.17) is 5.21 Å². The summed E-state index contributed by atoms with van der Waals surface area (Å²) in [6.07, 6.45) is 1.82. The Bertz CT molecular complexity index is 196. The molecule has 0 saturated carbocycles. The number of amides is 2. The molecule has 0 unspecified atom stereocenters. The van der Waals surface area contributed by atoms with Gasteiger partial charge in [-0.3, -0.25) is 14.8 Å². The Morgan fingerprint density at radius 3 is 2.46 bits per heavy atom. The molecule has 0 aromatic heterocycles. The molecule has 0 aliphatic heterocycles. The summed E-state index contributed by atoms with van der Waals surface area (Å²) in [4.78, 5) is 21.9. The highest BCUT2D eigenvalue weighted by Crippen LogP contribution is 1.99. The van der Waals surface area contributed by atoms with Gasteiger partial charge in [0.25, 0.3) is 5.91 Å². The van der Waals surface area contributed by atoms with Crippen molar-refractivity contribution >= 4 is 23.6 Å². The van der Waals surface area contributed by atoms with Crippen LogP contribution < -0.4 is 5.32 Å². The average Bonchev–Trinajstić information content (AvgIpc) is 2.01. The van der Waals surface area contributed by atoms with E-state index in [1.54, 1.807) is 0 Å². The lowest BCUT2D eigenvalue weighted by molar-refractivity contribution is -0.161. The summed E-state index contributed by atoms with van der Waals surface area (Å²) in [5, 5.41) is 11.8. The minimum Gasteiger partial charge on any atom is -0.344 e. The molecule has 0 saturated heterocycles. The molecule has 13 heavy (non-hydrogen) atoms. The van der Waals surface area contributed by atoms with Gasteiger partial charge >= 0.3 is 0 Å². The normalized spacial score (nSPS) is 12.0. The van der Waals surface area contributed by atoms with Crippen molar-refractivity contribution in [3.05, 3.63) is 0 Å². The molecule has 6 heteroatoms. The van der Waals surface area contributed by atoms with Gasteiger partial charge in [0.2, 0.25) is 5.91 Å². The average molecular weight is 206 g/mol. The number of nitrogens with zero attached hydrogens (tertiary/aromatic N) is 1. The second kappa shape index (κ2) is 5.82. The third-order valence-electron chi connectivity index (χ3n) is 1.33. The molecule has 0 fully saturated rings. The Labute approximate surface area is 81.4 Å². The van der Waals surface area contributed by atoms with Crippen LogP contribution in [-0.2, 0) is 9.59 Å². The number of carbonyl (C=O) groups is 2. The summed E-state index contributed by atoms with van der Waals surface area (Å²) in [6, 6.07) is -0.650. The Morgan fingerprint density at radius 1 is 1.62 bits per heavy atom. The Balaban J connectivity index is 4.23. The van der Waals surface area contributed by atoms with Crippen molar-refractivity contribution in [2.45, 2.75) is 13.0 Å². The van der Waals surface area contributed by atoms with Gasteiger partial charge < -0.3 is 5.32 Å². The SMILES string of the molecule is CSC[C@H](NC(C)=O)C(=O)N(C)O. The van der Waals surface area contributed by atoms with Crippen LogP contribution in [0.5, 0.6) is 0 Å². The summed E-state index contributed by atoms with van der Waals surface area (Å²) in [5.74, 6) is -0.345. The summed E-state index contributed by atoms with van der Waals surface area (Å²) >= 11 is 1.42. The number of rotatable bonds is 4. The number of thioether (sulfide) groups is 1. The molecular formula is C7H14N2O3S. The fraction of sp³-hybridized carbons (Fsp3) is 0.714. The molecule has 76 valence electrons. The maximum Gasteiger partial charge on any atom is 0.269 e. The van der Waals surface area contributed by atoms with Gasteiger partial charge in [-0.2, -0.15) is 11.8 Å². The highest BCUT2D eigenvalue weighted by Gasteiger charge is 2.21. The van der Waals surface area contributed by atoms with Crippen molar-refractivity contribution in [1.29, 1.82) is 0 Å². The number of nitrogens with one attached hydrogen (secondary N) is 1. The minimum atomic E-state index is -0.650. The smallest absolute Gasteiger partial charge is 0.269 e. The van der Waals surface area contributed by atoms with Crippen molar-refractivity contribution in [1.82, 2.24) is 10.4 Å². The molecule has 1 atom stereocenters. The van der Waals surface area contributed by atoms with E-state index in [9.17, 15) is 9.59 Å². The number of hydroxylamine groups is 2. The quantitative estimate of drug-likeness (QED) is 0.489. The second-order valence-corrected chi connectivity index (χ2v) is 3.48. The molecule has 2 N–H and O–H groups in total. The third-order valence-corrected chi connectivity index (χ3v) is 1.99. The van der Waals surface area contributed by atoms with Gasteiger partial charge in [0.1, 0.15) is 6.04 Å². The predicted octanol–water partition coefficient (Wildman–Crippen LogP) is -0.298. The molecular weight excluding hydrogens is 192 g/mol. The molecule has 0 aromatic carbocycles. The zero-order chi connectivity index (χ0) is 10.4. The van der Waals surface area contributed by atoms with Crippen LogP contribution >= 0.6 is 11.8 Å². The molecule has 5 nitrogen and oxygen atoms in total. The highest BCUT2D eigenvalue weighted by atomic mass is 32.2. The van der Waals surface area contributed by atoms with Gasteiger partial charge in [0.15, 0.2) is 0 Å². The van der Waals surface area contributed by atoms with Crippen molar-refractivity contribution in [2.75, 3.05) is 19.1 Å². The van der Waals surface area contributed by atoms with E-state index >= 15 is 0 Å². The first-order valence-electron chi connectivity index (χ1n) is 3.71.